The number of hydrogen-bond acceptors (Lipinski definition) is 3. The second-order valence-electron chi connectivity index (χ2n) is 6.41. The molecular formula is C21H23N3O2. The fourth-order valence-electron chi connectivity index (χ4n) is 2.96. The van der Waals surface area contributed by atoms with Gasteiger partial charge in [0.05, 0.1) is 12.8 Å². The molecule has 0 bridgehead atoms. The maximum atomic E-state index is 12.8. The average Bonchev–Trinajstić information content (AvgIpc) is 3.07. The molecule has 0 aliphatic rings. The molecule has 134 valence electrons. The van der Waals surface area contributed by atoms with Gasteiger partial charge in [-0.1, -0.05) is 17.7 Å². The molecule has 5 heteroatoms. The summed E-state index contributed by atoms with van der Waals surface area (Å²) in [5, 5.41) is 4.29. The number of methoxy groups -OCH3 is 1. The second-order valence-corrected chi connectivity index (χ2v) is 6.41. The van der Waals surface area contributed by atoms with Gasteiger partial charge in [-0.3, -0.25) is 4.79 Å². The fourth-order valence-corrected chi connectivity index (χ4v) is 2.96. The molecule has 0 saturated carbocycles. The number of hydrogen-bond donors (Lipinski definition) is 0. The average molecular weight is 349 g/mol. The summed E-state index contributed by atoms with van der Waals surface area (Å²) in [6.07, 6.45) is 1.76. The van der Waals surface area contributed by atoms with Crippen LogP contribution >= 0.6 is 0 Å². The summed E-state index contributed by atoms with van der Waals surface area (Å²) in [5.41, 5.74) is 4.76. The number of amides is 1. The second kappa shape index (κ2) is 7.44. The molecule has 5 nitrogen and oxygen atoms in total. The van der Waals surface area contributed by atoms with Gasteiger partial charge in [0.1, 0.15) is 5.75 Å². The predicted molar refractivity (Wildman–Crippen MR) is 102 cm³/mol. The summed E-state index contributed by atoms with van der Waals surface area (Å²) in [6, 6.07) is 15.4. The van der Waals surface area contributed by atoms with Crippen LogP contribution in [0.1, 0.15) is 27.2 Å². The van der Waals surface area contributed by atoms with Crippen LogP contribution in [0.25, 0.3) is 5.69 Å². The Bertz CT molecular complexity index is 913. The van der Waals surface area contributed by atoms with Gasteiger partial charge in [-0.25, -0.2) is 4.68 Å². The van der Waals surface area contributed by atoms with Crippen LogP contribution in [-0.4, -0.2) is 34.7 Å². The number of aryl methyl sites for hydroxylation is 2. The Morgan fingerprint density at radius 2 is 1.85 bits per heavy atom. The van der Waals surface area contributed by atoms with Gasteiger partial charge in [-0.05, 0) is 50.2 Å². The molecule has 1 amide bonds. The van der Waals surface area contributed by atoms with Crippen molar-refractivity contribution in [3.8, 4) is 11.4 Å². The maximum absolute atomic E-state index is 12.8. The lowest BCUT2D eigenvalue weighted by Crippen LogP contribution is -2.26. The minimum atomic E-state index is -0.0303. The van der Waals surface area contributed by atoms with E-state index in [1.165, 1.54) is 0 Å². The molecular weight excluding hydrogens is 326 g/mol. The number of benzene rings is 2. The van der Waals surface area contributed by atoms with Crippen molar-refractivity contribution in [2.24, 2.45) is 0 Å². The van der Waals surface area contributed by atoms with Crippen molar-refractivity contribution < 1.29 is 9.53 Å². The van der Waals surface area contributed by atoms with Gasteiger partial charge in [0.2, 0.25) is 0 Å². The Morgan fingerprint density at radius 1 is 1.12 bits per heavy atom. The number of aromatic nitrogens is 2. The third kappa shape index (κ3) is 3.61. The van der Waals surface area contributed by atoms with Gasteiger partial charge in [0, 0.05) is 36.6 Å². The Balaban J connectivity index is 1.77. The molecule has 26 heavy (non-hydrogen) atoms. The van der Waals surface area contributed by atoms with Crippen LogP contribution in [0.2, 0.25) is 0 Å². The van der Waals surface area contributed by atoms with Crippen LogP contribution < -0.4 is 4.74 Å². The van der Waals surface area contributed by atoms with Crippen LogP contribution in [0, 0.1) is 13.8 Å². The molecule has 1 aromatic heterocycles. The molecule has 2 aromatic carbocycles. The van der Waals surface area contributed by atoms with Gasteiger partial charge in [0.15, 0.2) is 0 Å². The van der Waals surface area contributed by atoms with Gasteiger partial charge in [0.25, 0.3) is 5.91 Å². The van der Waals surface area contributed by atoms with Crippen molar-refractivity contribution in [2.45, 2.75) is 20.4 Å². The molecule has 0 saturated heterocycles. The van der Waals surface area contributed by atoms with E-state index >= 15 is 0 Å². The zero-order chi connectivity index (χ0) is 18.7. The Morgan fingerprint density at radius 3 is 2.46 bits per heavy atom. The standard InChI is InChI=1S/C21H23N3O2/c1-15-5-10-20(26-4)18(13-15)14-23(3)21(25)17-6-8-19(9-7-17)24-16(2)11-12-22-24/h5-13H,14H2,1-4H3. The normalized spacial score (nSPS) is 10.6. The van der Waals surface area contributed by atoms with E-state index in [1.54, 1.807) is 25.3 Å². The third-order valence-corrected chi connectivity index (χ3v) is 4.38. The highest BCUT2D eigenvalue weighted by molar-refractivity contribution is 5.94. The lowest BCUT2D eigenvalue weighted by atomic mass is 10.1. The van der Waals surface area contributed by atoms with Crippen molar-refractivity contribution in [1.29, 1.82) is 0 Å². The van der Waals surface area contributed by atoms with E-state index in [0.717, 1.165) is 28.3 Å². The third-order valence-electron chi connectivity index (χ3n) is 4.38. The first-order chi connectivity index (χ1) is 12.5. The molecule has 0 aliphatic carbocycles. The van der Waals surface area contributed by atoms with E-state index in [-0.39, 0.29) is 5.91 Å². The van der Waals surface area contributed by atoms with E-state index in [2.05, 4.69) is 5.10 Å². The highest BCUT2D eigenvalue weighted by atomic mass is 16.5. The van der Waals surface area contributed by atoms with Crippen LogP contribution in [-0.2, 0) is 6.54 Å². The number of ether oxygens (including phenoxy) is 1. The Kier molecular flexibility index (Phi) is 5.07. The summed E-state index contributed by atoms with van der Waals surface area (Å²) in [6.45, 7) is 4.51. The highest BCUT2D eigenvalue weighted by Crippen LogP contribution is 2.22. The van der Waals surface area contributed by atoms with Crippen LogP contribution in [0.5, 0.6) is 5.75 Å². The molecule has 0 radical (unpaired) electrons. The van der Waals surface area contributed by atoms with Crippen molar-refractivity contribution in [2.75, 3.05) is 14.2 Å². The van der Waals surface area contributed by atoms with Gasteiger partial charge in [-0.15, -0.1) is 0 Å². The minimum Gasteiger partial charge on any atom is -0.496 e. The zero-order valence-corrected chi connectivity index (χ0v) is 15.6. The maximum Gasteiger partial charge on any atom is 0.253 e. The van der Waals surface area contributed by atoms with Crippen LogP contribution in [0.3, 0.4) is 0 Å². The first kappa shape index (κ1) is 17.7. The van der Waals surface area contributed by atoms with Crippen LogP contribution in [0.15, 0.2) is 54.7 Å². The van der Waals surface area contributed by atoms with Crippen molar-refractivity contribution in [3.63, 3.8) is 0 Å². The first-order valence-electron chi connectivity index (χ1n) is 8.49. The fraction of sp³-hybridized carbons (Fsp3) is 0.238. The lowest BCUT2D eigenvalue weighted by molar-refractivity contribution is 0.0784. The highest BCUT2D eigenvalue weighted by Gasteiger charge is 2.14. The largest absolute Gasteiger partial charge is 0.496 e. The summed E-state index contributed by atoms with van der Waals surface area (Å²) in [7, 11) is 3.45. The van der Waals surface area contributed by atoms with E-state index < -0.39 is 0 Å². The molecule has 0 spiro atoms. The monoisotopic (exact) mass is 349 g/mol. The summed E-state index contributed by atoms with van der Waals surface area (Å²) >= 11 is 0. The van der Waals surface area contributed by atoms with Gasteiger partial charge in [-0.2, -0.15) is 5.10 Å². The predicted octanol–water partition coefficient (Wildman–Crippen LogP) is 3.77. The smallest absolute Gasteiger partial charge is 0.253 e. The van der Waals surface area contributed by atoms with Gasteiger partial charge >= 0.3 is 0 Å². The molecule has 0 atom stereocenters. The van der Waals surface area contributed by atoms with Crippen molar-refractivity contribution in [1.82, 2.24) is 14.7 Å². The van der Waals surface area contributed by atoms with E-state index in [0.29, 0.717) is 12.1 Å². The SMILES string of the molecule is COc1ccc(C)cc1CN(C)C(=O)c1ccc(-n2nccc2C)cc1. The van der Waals surface area contributed by atoms with E-state index in [1.807, 2.05) is 67.1 Å². The molecule has 3 aromatic rings. The summed E-state index contributed by atoms with van der Waals surface area (Å²) in [4.78, 5) is 14.5. The molecule has 0 N–H and O–H groups in total. The molecule has 0 aliphatic heterocycles. The molecule has 0 unspecified atom stereocenters. The Labute approximate surface area is 153 Å². The number of carbonyl (C=O) groups is 1. The van der Waals surface area contributed by atoms with Crippen molar-refractivity contribution in [3.05, 3.63) is 77.1 Å². The first-order valence-corrected chi connectivity index (χ1v) is 8.49. The quantitative estimate of drug-likeness (QED) is 0.704. The van der Waals surface area contributed by atoms with Crippen LogP contribution in [0.4, 0.5) is 0 Å². The molecule has 1 heterocycles. The number of carbonyl (C=O) groups excluding carboxylic acids is 1. The number of nitrogens with zero attached hydrogens (tertiary/aromatic N) is 3. The summed E-state index contributed by atoms with van der Waals surface area (Å²) < 4.78 is 7.25. The number of rotatable bonds is 5. The molecule has 3 rings (SSSR count). The zero-order valence-electron chi connectivity index (χ0n) is 15.6. The summed E-state index contributed by atoms with van der Waals surface area (Å²) in [5.74, 6) is 0.761. The minimum absolute atomic E-state index is 0.0303. The lowest BCUT2D eigenvalue weighted by Gasteiger charge is -2.19. The van der Waals surface area contributed by atoms with E-state index in [9.17, 15) is 4.79 Å². The topological polar surface area (TPSA) is 47.4 Å². The van der Waals surface area contributed by atoms with Crippen molar-refractivity contribution >= 4 is 5.91 Å². The Hall–Kier alpha value is -3.08. The van der Waals surface area contributed by atoms with Gasteiger partial charge < -0.3 is 9.64 Å². The van der Waals surface area contributed by atoms with E-state index in [4.69, 9.17) is 4.74 Å². The molecule has 0 fully saturated rings.